The molecule has 0 bridgehead atoms. The van der Waals surface area contributed by atoms with Gasteiger partial charge in [-0.1, -0.05) is 37.4 Å². The van der Waals surface area contributed by atoms with Crippen molar-refractivity contribution < 1.29 is 14.0 Å². The number of halogens is 2. The second kappa shape index (κ2) is 9.18. The number of benzene rings is 2. The summed E-state index contributed by atoms with van der Waals surface area (Å²) in [6.07, 6.45) is 3.36. The summed E-state index contributed by atoms with van der Waals surface area (Å²) in [4.78, 5) is 24.2. The molecule has 0 aliphatic heterocycles. The summed E-state index contributed by atoms with van der Waals surface area (Å²) >= 11 is 5.70. The van der Waals surface area contributed by atoms with E-state index < -0.39 is 5.82 Å². The summed E-state index contributed by atoms with van der Waals surface area (Å²) < 4.78 is 13.2. The van der Waals surface area contributed by atoms with Gasteiger partial charge >= 0.3 is 0 Å². The van der Waals surface area contributed by atoms with Crippen molar-refractivity contribution in [2.45, 2.75) is 32.6 Å². The van der Waals surface area contributed by atoms with E-state index in [0.717, 1.165) is 19.3 Å². The first kappa shape index (κ1) is 18.9. The van der Waals surface area contributed by atoms with E-state index in [1.165, 1.54) is 18.2 Å². The van der Waals surface area contributed by atoms with Gasteiger partial charge in [0.05, 0.1) is 5.02 Å². The van der Waals surface area contributed by atoms with Crippen LogP contribution >= 0.6 is 11.6 Å². The summed E-state index contributed by atoms with van der Waals surface area (Å²) in [5.41, 5.74) is 1.34. The quantitative estimate of drug-likeness (QED) is 0.661. The van der Waals surface area contributed by atoms with Crippen molar-refractivity contribution in [1.29, 1.82) is 0 Å². The van der Waals surface area contributed by atoms with Crippen LogP contribution in [0.5, 0.6) is 0 Å². The van der Waals surface area contributed by atoms with Gasteiger partial charge in [0.1, 0.15) is 5.82 Å². The van der Waals surface area contributed by atoms with E-state index in [2.05, 4.69) is 17.6 Å². The number of hydrogen-bond donors (Lipinski definition) is 2. The van der Waals surface area contributed by atoms with Gasteiger partial charge in [0, 0.05) is 23.4 Å². The molecule has 0 radical (unpaired) electrons. The smallest absolute Gasteiger partial charge is 0.255 e. The van der Waals surface area contributed by atoms with Crippen molar-refractivity contribution in [2.24, 2.45) is 0 Å². The molecule has 0 unspecified atom stereocenters. The molecule has 0 aliphatic carbocycles. The van der Waals surface area contributed by atoms with E-state index in [-0.39, 0.29) is 16.8 Å². The number of unbranched alkanes of at least 4 members (excludes halogenated alkanes) is 2. The first-order valence-corrected chi connectivity index (χ1v) is 8.53. The van der Waals surface area contributed by atoms with Crippen molar-refractivity contribution in [3.63, 3.8) is 0 Å². The second-order valence-electron chi connectivity index (χ2n) is 5.67. The molecule has 2 rings (SSSR count). The fourth-order valence-electron chi connectivity index (χ4n) is 2.27. The van der Waals surface area contributed by atoms with Gasteiger partial charge in [-0.15, -0.1) is 0 Å². The molecule has 0 saturated heterocycles. The van der Waals surface area contributed by atoms with Crippen molar-refractivity contribution in [1.82, 2.24) is 0 Å². The van der Waals surface area contributed by atoms with Crippen molar-refractivity contribution in [2.75, 3.05) is 10.6 Å². The van der Waals surface area contributed by atoms with Crippen LogP contribution in [0.4, 0.5) is 15.8 Å². The molecule has 132 valence electrons. The highest BCUT2D eigenvalue weighted by molar-refractivity contribution is 6.31. The van der Waals surface area contributed by atoms with E-state index in [9.17, 15) is 14.0 Å². The molecular formula is C19H20ClFN2O2. The minimum absolute atomic E-state index is 0.0640. The lowest BCUT2D eigenvalue weighted by Gasteiger charge is -2.09. The minimum atomic E-state index is -0.549. The van der Waals surface area contributed by atoms with Crippen LogP contribution in [0.15, 0.2) is 42.5 Å². The number of carbonyl (C=O) groups excluding carboxylic acids is 2. The minimum Gasteiger partial charge on any atom is -0.326 e. The number of rotatable bonds is 7. The van der Waals surface area contributed by atoms with Crippen LogP contribution in [0, 0.1) is 5.82 Å². The largest absolute Gasteiger partial charge is 0.326 e. The molecule has 0 spiro atoms. The van der Waals surface area contributed by atoms with E-state index in [0.29, 0.717) is 23.4 Å². The SMILES string of the molecule is CCCCCC(=O)Nc1cccc(C(=O)Nc2ccc(F)c(Cl)c2)c1. The summed E-state index contributed by atoms with van der Waals surface area (Å²) in [5.74, 6) is -0.992. The summed E-state index contributed by atoms with van der Waals surface area (Å²) in [6, 6.07) is 10.6. The maximum absolute atomic E-state index is 13.2. The first-order valence-electron chi connectivity index (χ1n) is 8.16. The van der Waals surface area contributed by atoms with Gasteiger partial charge in [0.15, 0.2) is 0 Å². The molecule has 2 aromatic carbocycles. The normalized spacial score (nSPS) is 10.4. The average Bonchev–Trinajstić information content (AvgIpc) is 2.58. The number of carbonyl (C=O) groups is 2. The Kier molecular flexibility index (Phi) is 6.95. The molecule has 0 heterocycles. The molecule has 0 fully saturated rings. The Labute approximate surface area is 151 Å². The predicted molar refractivity (Wildman–Crippen MR) is 98.6 cm³/mol. The van der Waals surface area contributed by atoms with Crippen LogP contribution in [0.1, 0.15) is 43.0 Å². The van der Waals surface area contributed by atoms with E-state index >= 15 is 0 Å². The van der Waals surface area contributed by atoms with Gasteiger partial charge in [0.2, 0.25) is 5.91 Å². The van der Waals surface area contributed by atoms with Gasteiger partial charge in [-0.3, -0.25) is 9.59 Å². The van der Waals surface area contributed by atoms with Crippen molar-refractivity contribution in [3.8, 4) is 0 Å². The Balaban J connectivity index is 2.00. The van der Waals surface area contributed by atoms with Crippen LogP contribution in [0.3, 0.4) is 0 Å². The zero-order valence-electron chi connectivity index (χ0n) is 13.9. The third kappa shape index (κ3) is 5.87. The monoisotopic (exact) mass is 362 g/mol. The molecule has 0 saturated carbocycles. The topological polar surface area (TPSA) is 58.2 Å². The molecule has 2 N–H and O–H groups in total. The van der Waals surface area contributed by atoms with Crippen LogP contribution in [0.25, 0.3) is 0 Å². The summed E-state index contributed by atoms with van der Waals surface area (Å²) in [6.45, 7) is 2.08. The molecule has 4 nitrogen and oxygen atoms in total. The Morgan fingerprint density at radius 2 is 1.80 bits per heavy atom. The predicted octanol–water partition coefficient (Wildman–Crippen LogP) is 5.25. The highest BCUT2D eigenvalue weighted by Crippen LogP contribution is 2.20. The number of anilines is 2. The van der Waals surface area contributed by atoms with E-state index in [1.807, 2.05) is 0 Å². The maximum atomic E-state index is 13.2. The number of hydrogen-bond acceptors (Lipinski definition) is 2. The second-order valence-corrected chi connectivity index (χ2v) is 6.08. The molecular weight excluding hydrogens is 343 g/mol. The van der Waals surface area contributed by atoms with Crippen LogP contribution in [-0.2, 0) is 4.79 Å². The molecule has 25 heavy (non-hydrogen) atoms. The molecule has 2 aromatic rings. The lowest BCUT2D eigenvalue weighted by atomic mass is 10.1. The third-order valence-electron chi connectivity index (χ3n) is 3.59. The standard InChI is InChI=1S/C19H20ClFN2O2/c1-2-3-4-8-18(24)22-14-7-5-6-13(11-14)19(25)23-15-9-10-17(21)16(20)12-15/h5-7,9-12H,2-4,8H2,1H3,(H,22,24)(H,23,25). The van der Waals surface area contributed by atoms with Crippen LogP contribution < -0.4 is 10.6 Å². The zero-order chi connectivity index (χ0) is 18.2. The van der Waals surface area contributed by atoms with Gasteiger partial charge in [-0.05, 0) is 42.8 Å². The number of nitrogens with one attached hydrogen (secondary N) is 2. The van der Waals surface area contributed by atoms with Gasteiger partial charge in [-0.2, -0.15) is 0 Å². The maximum Gasteiger partial charge on any atom is 0.255 e. The Morgan fingerprint density at radius 3 is 2.52 bits per heavy atom. The Hall–Kier alpha value is -2.40. The Bertz CT molecular complexity index is 765. The Morgan fingerprint density at radius 1 is 1.04 bits per heavy atom. The lowest BCUT2D eigenvalue weighted by molar-refractivity contribution is -0.116. The van der Waals surface area contributed by atoms with E-state index in [4.69, 9.17) is 11.6 Å². The highest BCUT2D eigenvalue weighted by atomic mass is 35.5. The van der Waals surface area contributed by atoms with Gasteiger partial charge < -0.3 is 10.6 Å². The molecule has 6 heteroatoms. The highest BCUT2D eigenvalue weighted by Gasteiger charge is 2.09. The third-order valence-corrected chi connectivity index (χ3v) is 3.88. The van der Waals surface area contributed by atoms with Crippen molar-refractivity contribution >= 4 is 34.8 Å². The molecule has 0 aromatic heterocycles. The fourth-order valence-corrected chi connectivity index (χ4v) is 2.45. The average molecular weight is 363 g/mol. The zero-order valence-corrected chi connectivity index (χ0v) is 14.7. The molecule has 0 atom stereocenters. The summed E-state index contributed by atoms with van der Waals surface area (Å²) in [7, 11) is 0. The van der Waals surface area contributed by atoms with Crippen LogP contribution in [-0.4, -0.2) is 11.8 Å². The molecule has 2 amide bonds. The van der Waals surface area contributed by atoms with Crippen LogP contribution in [0.2, 0.25) is 5.02 Å². The fraction of sp³-hybridized carbons (Fsp3) is 0.263. The molecule has 0 aliphatic rings. The van der Waals surface area contributed by atoms with Gasteiger partial charge in [-0.25, -0.2) is 4.39 Å². The van der Waals surface area contributed by atoms with Crippen molar-refractivity contribution in [3.05, 3.63) is 58.9 Å². The van der Waals surface area contributed by atoms with Gasteiger partial charge in [0.25, 0.3) is 5.91 Å². The number of amides is 2. The summed E-state index contributed by atoms with van der Waals surface area (Å²) in [5, 5.41) is 5.37. The lowest BCUT2D eigenvalue weighted by Crippen LogP contribution is -2.14. The first-order chi connectivity index (χ1) is 12.0. The van der Waals surface area contributed by atoms with E-state index in [1.54, 1.807) is 24.3 Å².